The second-order valence-corrected chi connectivity index (χ2v) is 4.67. The summed E-state index contributed by atoms with van der Waals surface area (Å²) in [6.07, 6.45) is 0.736. The molecule has 1 heterocycles. The molecule has 0 atom stereocenters. The van der Waals surface area contributed by atoms with Gasteiger partial charge in [0.25, 0.3) is 0 Å². The molecule has 0 radical (unpaired) electrons. The Kier molecular flexibility index (Phi) is 5.89. The van der Waals surface area contributed by atoms with Crippen molar-refractivity contribution in [3.63, 3.8) is 0 Å². The van der Waals surface area contributed by atoms with E-state index in [1.54, 1.807) is 12.1 Å². The lowest BCUT2D eigenvalue weighted by atomic mass is 10.1. The maximum atomic E-state index is 12.5. The van der Waals surface area contributed by atoms with Gasteiger partial charge in [0.1, 0.15) is 5.69 Å². The summed E-state index contributed by atoms with van der Waals surface area (Å²) in [7, 11) is 1.34. The number of para-hydroxylation sites is 1. The molecule has 1 aromatic carbocycles. The number of anilines is 2. The van der Waals surface area contributed by atoms with Crippen molar-refractivity contribution in [2.75, 3.05) is 17.7 Å². The Morgan fingerprint density at radius 1 is 1.17 bits per heavy atom. The van der Waals surface area contributed by atoms with Crippen LogP contribution in [-0.2, 0) is 6.42 Å². The van der Waals surface area contributed by atoms with Crippen LogP contribution in [0.15, 0.2) is 36.4 Å². The van der Waals surface area contributed by atoms with Crippen LogP contribution in [0.2, 0.25) is 0 Å². The van der Waals surface area contributed by atoms with Crippen molar-refractivity contribution in [1.29, 1.82) is 0 Å². The van der Waals surface area contributed by atoms with Crippen LogP contribution in [0.3, 0.4) is 0 Å². The summed E-state index contributed by atoms with van der Waals surface area (Å²) in [5.74, 6) is -0.337. The molecule has 2 amide bonds. The maximum Gasteiger partial charge on any atom is 0.388 e. The summed E-state index contributed by atoms with van der Waals surface area (Å²) in [4.78, 5) is 15.9. The van der Waals surface area contributed by atoms with Crippen LogP contribution in [-0.4, -0.2) is 24.7 Å². The van der Waals surface area contributed by atoms with Gasteiger partial charge in [0.2, 0.25) is 11.8 Å². The lowest BCUT2D eigenvalue weighted by molar-refractivity contribution is -0.0525. The summed E-state index contributed by atoms with van der Waals surface area (Å²) in [5.41, 5.74) is 1.59. The van der Waals surface area contributed by atoms with Gasteiger partial charge < -0.3 is 20.1 Å². The molecular formula is C16H17F2N3O3. The van der Waals surface area contributed by atoms with E-state index in [0.29, 0.717) is 5.69 Å². The Balaban J connectivity index is 2.16. The molecule has 0 fully saturated rings. The normalized spacial score (nSPS) is 10.4. The van der Waals surface area contributed by atoms with Crippen LogP contribution in [0.4, 0.5) is 25.0 Å². The van der Waals surface area contributed by atoms with E-state index in [1.165, 1.54) is 19.2 Å². The molecule has 2 N–H and O–H groups in total. The van der Waals surface area contributed by atoms with E-state index >= 15 is 0 Å². The number of hydrogen-bond donors (Lipinski definition) is 2. The first-order chi connectivity index (χ1) is 11.5. The quantitative estimate of drug-likeness (QED) is 0.838. The molecule has 0 spiro atoms. The molecule has 0 aliphatic heterocycles. The monoisotopic (exact) mass is 337 g/mol. The molecular weight excluding hydrogens is 320 g/mol. The smallest absolute Gasteiger partial charge is 0.388 e. The van der Waals surface area contributed by atoms with Crippen molar-refractivity contribution < 1.29 is 23.0 Å². The van der Waals surface area contributed by atoms with Crippen LogP contribution in [0.5, 0.6) is 11.8 Å². The fourth-order valence-corrected chi connectivity index (χ4v) is 2.03. The number of nitrogens with one attached hydrogen (secondary N) is 2. The van der Waals surface area contributed by atoms with E-state index in [4.69, 9.17) is 4.74 Å². The fraction of sp³-hybridized carbons (Fsp3) is 0.250. The van der Waals surface area contributed by atoms with Crippen molar-refractivity contribution in [2.24, 2.45) is 0 Å². The molecule has 0 aliphatic carbocycles. The molecule has 8 heteroatoms. The first-order valence-corrected chi connectivity index (χ1v) is 7.19. The number of alkyl halides is 2. The first kappa shape index (κ1) is 17.5. The molecule has 128 valence electrons. The van der Waals surface area contributed by atoms with Crippen molar-refractivity contribution in [1.82, 2.24) is 4.98 Å². The fourth-order valence-electron chi connectivity index (χ4n) is 2.03. The van der Waals surface area contributed by atoms with Gasteiger partial charge >= 0.3 is 12.6 Å². The third-order valence-electron chi connectivity index (χ3n) is 3.14. The van der Waals surface area contributed by atoms with Gasteiger partial charge in [-0.15, -0.1) is 0 Å². The van der Waals surface area contributed by atoms with Gasteiger partial charge in [-0.2, -0.15) is 13.8 Å². The number of urea groups is 1. The Hall–Kier alpha value is -2.90. The summed E-state index contributed by atoms with van der Waals surface area (Å²) in [6.45, 7) is -1.12. The third kappa shape index (κ3) is 4.55. The number of aromatic nitrogens is 1. The lowest BCUT2D eigenvalue weighted by Gasteiger charge is -2.14. The van der Waals surface area contributed by atoms with Crippen LogP contribution < -0.4 is 20.1 Å². The average molecular weight is 337 g/mol. The van der Waals surface area contributed by atoms with E-state index in [-0.39, 0.29) is 11.6 Å². The predicted octanol–water partition coefficient (Wildman–Crippen LogP) is 3.90. The van der Waals surface area contributed by atoms with Crippen molar-refractivity contribution in [3.8, 4) is 11.8 Å². The maximum absolute atomic E-state index is 12.5. The second-order valence-electron chi connectivity index (χ2n) is 4.67. The van der Waals surface area contributed by atoms with Gasteiger partial charge in [-0.05, 0) is 24.1 Å². The highest BCUT2D eigenvalue weighted by Gasteiger charge is 2.15. The van der Waals surface area contributed by atoms with Gasteiger partial charge in [-0.25, -0.2) is 4.79 Å². The zero-order valence-corrected chi connectivity index (χ0v) is 13.2. The average Bonchev–Trinajstić information content (AvgIpc) is 2.56. The Bertz CT molecular complexity index is 711. The number of ether oxygens (including phenoxy) is 2. The minimum atomic E-state index is -3.07. The molecule has 1 aromatic heterocycles. The number of hydrogen-bond acceptors (Lipinski definition) is 4. The summed E-state index contributed by atoms with van der Waals surface area (Å²) in [6, 6.07) is 9.49. The van der Waals surface area contributed by atoms with Crippen LogP contribution in [0.1, 0.15) is 12.5 Å². The number of aryl methyl sites for hydroxylation is 1. The second kappa shape index (κ2) is 8.09. The van der Waals surface area contributed by atoms with E-state index in [2.05, 4.69) is 20.4 Å². The Labute approximate surface area is 137 Å². The van der Waals surface area contributed by atoms with E-state index in [0.717, 1.165) is 12.0 Å². The standard InChI is InChI=1S/C16H17F2N3O3/c1-3-10-6-4-5-7-11(10)19-16(22)20-12-8-9-13(23-2)21-14(12)24-15(17)18/h4-9,15H,3H2,1-2H3,(H2,19,20,22). The molecule has 0 saturated carbocycles. The number of benzene rings is 1. The molecule has 24 heavy (non-hydrogen) atoms. The van der Waals surface area contributed by atoms with Crippen molar-refractivity contribution in [3.05, 3.63) is 42.0 Å². The van der Waals surface area contributed by atoms with Gasteiger partial charge in [0, 0.05) is 11.8 Å². The van der Waals surface area contributed by atoms with Crippen molar-refractivity contribution >= 4 is 17.4 Å². The zero-order chi connectivity index (χ0) is 17.5. The summed E-state index contributed by atoms with van der Waals surface area (Å²) < 4.78 is 34.2. The number of carbonyl (C=O) groups excluding carboxylic acids is 1. The summed E-state index contributed by atoms with van der Waals surface area (Å²) in [5, 5.41) is 5.11. The number of carbonyl (C=O) groups is 1. The number of halogens is 2. The van der Waals surface area contributed by atoms with Crippen LogP contribution in [0, 0.1) is 0 Å². The molecule has 6 nitrogen and oxygen atoms in total. The van der Waals surface area contributed by atoms with Gasteiger partial charge in [0.15, 0.2) is 0 Å². The van der Waals surface area contributed by atoms with E-state index in [1.807, 2.05) is 19.1 Å². The number of methoxy groups -OCH3 is 1. The minimum absolute atomic E-state index is 0.00239. The minimum Gasteiger partial charge on any atom is -0.481 e. The van der Waals surface area contributed by atoms with E-state index < -0.39 is 18.5 Å². The first-order valence-electron chi connectivity index (χ1n) is 7.19. The zero-order valence-electron chi connectivity index (χ0n) is 13.2. The van der Waals surface area contributed by atoms with Gasteiger partial charge in [0.05, 0.1) is 7.11 Å². The highest BCUT2D eigenvalue weighted by molar-refractivity contribution is 6.00. The molecule has 2 aromatic rings. The van der Waals surface area contributed by atoms with Crippen LogP contribution >= 0.6 is 0 Å². The van der Waals surface area contributed by atoms with Gasteiger partial charge in [-0.3, -0.25) is 0 Å². The molecule has 0 bridgehead atoms. The van der Waals surface area contributed by atoms with E-state index in [9.17, 15) is 13.6 Å². The molecule has 2 rings (SSSR count). The number of nitrogens with zero attached hydrogens (tertiary/aromatic N) is 1. The topological polar surface area (TPSA) is 72.5 Å². The number of rotatable bonds is 6. The van der Waals surface area contributed by atoms with Crippen molar-refractivity contribution in [2.45, 2.75) is 20.0 Å². The lowest BCUT2D eigenvalue weighted by Crippen LogP contribution is -2.21. The summed E-state index contributed by atoms with van der Waals surface area (Å²) >= 11 is 0. The SMILES string of the molecule is CCc1ccccc1NC(=O)Nc1ccc(OC)nc1OC(F)F. The van der Waals surface area contributed by atoms with Gasteiger partial charge in [-0.1, -0.05) is 25.1 Å². The van der Waals surface area contributed by atoms with Crippen LogP contribution in [0.25, 0.3) is 0 Å². The Morgan fingerprint density at radius 3 is 2.54 bits per heavy atom. The molecule has 0 aliphatic rings. The third-order valence-corrected chi connectivity index (χ3v) is 3.14. The predicted molar refractivity (Wildman–Crippen MR) is 85.9 cm³/mol. The molecule has 0 saturated heterocycles. The molecule has 0 unspecified atom stereocenters. The number of pyridine rings is 1. The highest BCUT2D eigenvalue weighted by atomic mass is 19.3. The Morgan fingerprint density at radius 2 is 1.88 bits per heavy atom. The highest BCUT2D eigenvalue weighted by Crippen LogP contribution is 2.27. The number of amides is 2. The largest absolute Gasteiger partial charge is 0.481 e.